The number of ether oxygens (including phenoxy) is 3. The highest BCUT2D eigenvalue weighted by atomic mass is 16.7. The van der Waals surface area contributed by atoms with E-state index in [1.54, 1.807) is 7.11 Å². The van der Waals surface area contributed by atoms with Crippen molar-refractivity contribution < 1.29 is 14.2 Å². The third-order valence-electron chi connectivity index (χ3n) is 4.60. The van der Waals surface area contributed by atoms with Crippen LogP contribution in [0.3, 0.4) is 0 Å². The van der Waals surface area contributed by atoms with Gasteiger partial charge in [-0.05, 0) is 35.4 Å². The molecule has 0 bridgehead atoms. The summed E-state index contributed by atoms with van der Waals surface area (Å²) in [5, 5.41) is 0. The average molecular weight is 362 g/mol. The highest BCUT2D eigenvalue weighted by Crippen LogP contribution is 2.30. The maximum atomic E-state index is 6.12. The maximum Gasteiger partial charge on any atom is 0.166 e. The third kappa shape index (κ3) is 4.97. The molecule has 0 saturated heterocycles. The van der Waals surface area contributed by atoms with Crippen LogP contribution in [-0.4, -0.2) is 13.4 Å². The van der Waals surface area contributed by atoms with E-state index in [0.717, 1.165) is 17.1 Å². The summed E-state index contributed by atoms with van der Waals surface area (Å²) in [6, 6.07) is 28.0. The normalized spacial score (nSPS) is 12.6. The van der Waals surface area contributed by atoms with Crippen LogP contribution >= 0.6 is 0 Å². The van der Waals surface area contributed by atoms with Gasteiger partial charge in [-0.3, -0.25) is 0 Å². The molecule has 0 amide bonds. The topological polar surface area (TPSA) is 27.7 Å². The first-order valence-electron chi connectivity index (χ1n) is 9.11. The number of rotatable bonds is 8. The highest BCUT2D eigenvalue weighted by Gasteiger charge is 2.32. The first-order chi connectivity index (χ1) is 13.1. The van der Waals surface area contributed by atoms with E-state index in [9.17, 15) is 0 Å². The molecule has 1 atom stereocenters. The highest BCUT2D eigenvalue weighted by molar-refractivity contribution is 5.33. The fourth-order valence-electron chi connectivity index (χ4n) is 3.07. The third-order valence-corrected chi connectivity index (χ3v) is 4.60. The van der Waals surface area contributed by atoms with Crippen LogP contribution in [-0.2, 0) is 21.5 Å². The lowest BCUT2D eigenvalue weighted by Crippen LogP contribution is -2.37. The molecule has 0 N–H and O–H groups in total. The van der Waals surface area contributed by atoms with E-state index in [0.29, 0.717) is 6.61 Å². The minimum absolute atomic E-state index is 0.270. The van der Waals surface area contributed by atoms with Crippen LogP contribution in [0.5, 0.6) is 11.5 Å². The quantitative estimate of drug-likeness (QED) is 0.464. The Bertz CT molecular complexity index is 829. The monoisotopic (exact) mass is 362 g/mol. The van der Waals surface area contributed by atoms with Crippen molar-refractivity contribution in [2.75, 3.05) is 7.11 Å². The van der Waals surface area contributed by atoms with Gasteiger partial charge in [0, 0.05) is 12.5 Å². The van der Waals surface area contributed by atoms with Crippen LogP contribution < -0.4 is 4.74 Å². The molecule has 0 fully saturated rings. The van der Waals surface area contributed by atoms with E-state index in [-0.39, 0.29) is 11.7 Å². The Morgan fingerprint density at radius 1 is 0.778 bits per heavy atom. The maximum absolute atomic E-state index is 6.12. The minimum atomic E-state index is -0.362. The van der Waals surface area contributed by atoms with Crippen LogP contribution in [0.1, 0.15) is 25.0 Å². The molecule has 0 aromatic heterocycles. The SMILES string of the molecule is COC(OCc1cccc(Oc2ccccc2)c1)C(C)(C)c1ccccc1. The predicted molar refractivity (Wildman–Crippen MR) is 108 cm³/mol. The summed E-state index contributed by atoms with van der Waals surface area (Å²) in [6.07, 6.45) is -0.362. The van der Waals surface area contributed by atoms with Crippen molar-refractivity contribution in [3.8, 4) is 11.5 Å². The van der Waals surface area contributed by atoms with Crippen molar-refractivity contribution in [3.63, 3.8) is 0 Å². The van der Waals surface area contributed by atoms with E-state index in [2.05, 4.69) is 26.0 Å². The summed E-state index contributed by atoms with van der Waals surface area (Å²) < 4.78 is 17.7. The fraction of sp³-hybridized carbons (Fsp3) is 0.250. The molecule has 0 aliphatic rings. The molecular formula is C24H26O3. The number of para-hydroxylation sites is 1. The van der Waals surface area contributed by atoms with Gasteiger partial charge in [-0.25, -0.2) is 0 Å². The Kier molecular flexibility index (Phi) is 6.28. The Balaban J connectivity index is 1.67. The number of methoxy groups -OCH3 is 1. The lowest BCUT2D eigenvalue weighted by molar-refractivity contribution is -0.167. The van der Waals surface area contributed by atoms with Crippen molar-refractivity contribution in [1.82, 2.24) is 0 Å². The van der Waals surface area contributed by atoms with Crippen LogP contribution in [0.25, 0.3) is 0 Å². The van der Waals surface area contributed by atoms with Gasteiger partial charge in [-0.2, -0.15) is 0 Å². The zero-order valence-corrected chi connectivity index (χ0v) is 16.1. The van der Waals surface area contributed by atoms with Crippen LogP contribution in [0.15, 0.2) is 84.9 Å². The second-order valence-corrected chi connectivity index (χ2v) is 7.03. The summed E-state index contributed by atoms with van der Waals surface area (Å²) >= 11 is 0. The van der Waals surface area contributed by atoms with Gasteiger partial charge in [0.15, 0.2) is 6.29 Å². The molecule has 140 valence electrons. The van der Waals surface area contributed by atoms with Gasteiger partial charge in [-0.1, -0.05) is 74.5 Å². The van der Waals surface area contributed by atoms with E-state index in [4.69, 9.17) is 14.2 Å². The molecule has 0 saturated carbocycles. The van der Waals surface area contributed by atoms with Gasteiger partial charge in [0.25, 0.3) is 0 Å². The molecule has 27 heavy (non-hydrogen) atoms. The van der Waals surface area contributed by atoms with E-state index < -0.39 is 0 Å². The number of hydrogen-bond acceptors (Lipinski definition) is 3. The van der Waals surface area contributed by atoms with Gasteiger partial charge in [0.05, 0.1) is 6.61 Å². The second kappa shape index (κ2) is 8.85. The molecular weight excluding hydrogens is 336 g/mol. The van der Waals surface area contributed by atoms with Crippen LogP contribution in [0, 0.1) is 0 Å². The van der Waals surface area contributed by atoms with Gasteiger partial charge in [-0.15, -0.1) is 0 Å². The first-order valence-corrected chi connectivity index (χ1v) is 9.11. The molecule has 0 heterocycles. The number of benzene rings is 3. The van der Waals surface area contributed by atoms with Gasteiger partial charge >= 0.3 is 0 Å². The molecule has 0 spiro atoms. The predicted octanol–water partition coefficient (Wildman–Crippen LogP) is 5.95. The van der Waals surface area contributed by atoms with Gasteiger partial charge < -0.3 is 14.2 Å². The molecule has 3 nitrogen and oxygen atoms in total. The Labute approximate surface area is 161 Å². The van der Waals surface area contributed by atoms with Crippen molar-refractivity contribution in [3.05, 3.63) is 96.1 Å². The van der Waals surface area contributed by atoms with E-state index in [1.807, 2.05) is 72.8 Å². The molecule has 0 aliphatic carbocycles. The first kappa shape index (κ1) is 19.2. The Morgan fingerprint density at radius 2 is 1.41 bits per heavy atom. The Morgan fingerprint density at radius 3 is 2.07 bits per heavy atom. The smallest absolute Gasteiger partial charge is 0.166 e. The standard InChI is InChI=1S/C24H26O3/c1-24(2,20-12-6-4-7-13-20)23(25-3)26-18-19-11-10-16-22(17-19)27-21-14-8-5-9-15-21/h4-17,23H,18H2,1-3H3. The van der Waals surface area contributed by atoms with Crippen molar-refractivity contribution in [1.29, 1.82) is 0 Å². The second-order valence-electron chi connectivity index (χ2n) is 7.03. The zero-order valence-electron chi connectivity index (χ0n) is 16.1. The summed E-state index contributed by atoms with van der Waals surface area (Å²) in [6.45, 7) is 4.71. The lowest BCUT2D eigenvalue weighted by Gasteiger charge is -2.33. The summed E-state index contributed by atoms with van der Waals surface area (Å²) in [4.78, 5) is 0. The average Bonchev–Trinajstić information content (AvgIpc) is 2.70. The van der Waals surface area contributed by atoms with Crippen LogP contribution in [0.4, 0.5) is 0 Å². The molecule has 3 rings (SSSR count). The zero-order chi connectivity index (χ0) is 19.1. The Hall–Kier alpha value is -2.62. The summed E-state index contributed by atoms with van der Waals surface area (Å²) in [5.41, 5.74) is 1.95. The van der Waals surface area contributed by atoms with E-state index in [1.165, 1.54) is 5.56 Å². The lowest BCUT2D eigenvalue weighted by atomic mass is 9.84. The van der Waals surface area contributed by atoms with Crippen molar-refractivity contribution in [2.24, 2.45) is 0 Å². The van der Waals surface area contributed by atoms with Crippen LogP contribution in [0.2, 0.25) is 0 Å². The van der Waals surface area contributed by atoms with Crippen molar-refractivity contribution >= 4 is 0 Å². The minimum Gasteiger partial charge on any atom is -0.457 e. The molecule has 0 aliphatic heterocycles. The van der Waals surface area contributed by atoms with Gasteiger partial charge in [0.2, 0.25) is 0 Å². The van der Waals surface area contributed by atoms with Crippen molar-refractivity contribution in [2.45, 2.75) is 32.2 Å². The molecule has 3 aromatic rings. The van der Waals surface area contributed by atoms with Gasteiger partial charge in [0.1, 0.15) is 11.5 Å². The molecule has 0 radical (unpaired) electrons. The summed E-state index contributed by atoms with van der Waals surface area (Å²) in [7, 11) is 1.68. The number of hydrogen-bond donors (Lipinski definition) is 0. The molecule has 1 unspecified atom stereocenters. The fourth-order valence-corrected chi connectivity index (χ4v) is 3.07. The van der Waals surface area contributed by atoms with E-state index >= 15 is 0 Å². The largest absolute Gasteiger partial charge is 0.457 e. The molecule has 3 heteroatoms. The summed E-state index contributed by atoms with van der Waals surface area (Å²) in [5.74, 6) is 1.61. The molecule has 3 aromatic carbocycles.